The maximum Gasteiger partial charge on any atom is 0.311 e. The number of rotatable bonds is 5. The number of hydrogen-bond donors (Lipinski definition) is 0. The number of esters is 1. The molecule has 0 saturated heterocycles. The van der Waals surface area contributed by atoms with E-state index in [4.69, 9.17) is 9.47 Å². The lowest BCUT2D eigenvalue weighted by Crippen LogP contribution is -2.03. The van der Waals surface area contributed by atoms with Crippen LogP contribution in [0.1, 0.15) is 13.3 Å². The van der Waals surface area contributed by atoms with Crippen molar-refractivity contribution in [1.29, 1.82) is 0 Å². The van der Waals surface area contributed by atoms with E-state index in [2.05, 4.69) is 4.99 Å². The number of carbonyl (C=O) groups excluding carboxylic acids is 1. The van der Waals surface area contributed by atoms with Crippen LogP contribution in [0.25, 0.3) is 0 Å². The topological polar surface area (TPSA) is 47.9 Å². The van der Waals surface area contributed by atoms with Gasteiger partial charge < -0.3 is 9.47 Å². The van der Waals surface area contributed by atoms with Crippen molar-refractivity contribution in [3.8, 4) is 5.75 Å². The third-order valence-corrected chi connectivity index (χ3v) is 1.88. The molecule has 0 aliphatic heterocycles. The second-order valence-electron chi connectivity index (χ2n) is 2.99. The van der Waals surface area contributed by atoms with Crippen molar-refractivity contribution >= 4 is 17.9 Å². The molecule has 0 unspecified atom stereocenters. The summed E-state index contributed by atoms with van der Waals surface area (Å²) in [5.41, 5.74) is 0.703. The smallest absolute Gasteiger partial charge is 0.311 e. The summed E-state index contributed by atoms with van der Waals surface area (Å²) in [5, 5.41) is 0. The molecule has 1 aromatic carbocycles. The van der Waals surface area contributed by atoms with Gasteiger partial charge in [0, 0.05) is 6.21 Å². The molecule has 0 fully saturated rings. The molecular weight excluding hydrogens is 206 g/mol. The molecule has 0 bridgehead atoms. The third kappa shape index (κ3) is 3.73. The summed E-state index contributed by atoms with van der Waals surface area (Å²) in [6.45, 7) is 2.16. The van der Waals surface area contributed by atoms with E-state index in [9.17, 15) is 4.79 Å². The maximum atomic E-state index is 11.0. The molecule has 0 aliphatic rings. The van der Waals surface area contributed by atoms with Gasteiger partial charge in [0.15, 0.2) is 0 Å². The summed E-state index contributed by atoms with van der Waals surface area (Å²) >= 11 is 0. The van der Waals surface area contributed by atoms with Crippen LogP contribution < -0.4 is 4.74 Å². The van der Waals surface area contributed by atoms with Crippen LogP contribution in [0.2, 0.25) is 0 Å². The third-order valence-electron chi connectivity index (χ3n) is 1.88. The normalized spacial score (nSPS) is 10.4. The minimum Gasteiger partial charge on any atom is -0.494 e. The zero-order chi connectivity index (χ0) is 11.8. The number of aliphatic imine (C=N–C) groups is 1. The molecule has 0 spiro atoms. The van der Waals surface area contributed by atoms with Crippen LogP contribution in [0.15, 0.2) is 29.3 Å². The summed E-state index contributed by atoms with van der Waals surface area (Å²) in [6, 6.07) is 7.36. The van der Waals surface area contributed by atoms with Crippen LogP contribution >= 0.6 is 0 Å². The molecule has 16 heavy (non-hydrogen) atoms. The lowest BCUT2D eigenvalue weighted by Gasteiger charge is -2.02. The van der Waals surface area contributed by atoms with Gasteiger partial charge in [-0.2, -0.15) is 0 Å². The van der Waals surface area contributed by atoms with Gasteiger partial charge in [-0.05, 0) is 19.1 Å². The van der Waals surface area contributed by atoms with Crippen molar-refractivity contribution in [3.63, 3.8) is 0 Å². The van der Waals surface area contributed by atoms with Crippen LogP contribution in [0.4, 0.5) is 5.69 Å². The molecule has 0 saturated carbocycles. The van der Waals surface area contributed by atoms with Crippen LogP contribution in [-0.2, 0) is 9.53 Å². The van der Waals surface area contributed by atoms with Gasteiger partial charge in [0.25, 0.3) is 0 Å². The summed E-state index contributed by atoms with van der Waals surface area (Å²) in [4.78, 5) is 15.2. The van der Waals surface area contributed by atoms with E-state index in [-0.39, 0.29) is 12.4 Å². The Hall–Kier alpha value is -1.84. The minimum atomic E-state index is -0.277. The van der Waals surface area contributed by atoms with E-state index in [0.29, 0.717) is 18.0 Å². The summed E-state index contributed by atoms with van der Waals surface area (Å²) in [7, 11) is 1.58. The Morgan fingerprint density at radius 2 is 2.19 bits per heavy atom. The summed E-state index contributed by atoms with van der Waals surface area (Å²) in [5.74, 6) is 0.406. The van der Waals surface area contributed by atoms with E-state index in [0.717, 1.165) is 0 Å². The zero-order valence-electron chi connectivity index (χ0n) is 9.47. The Labute approximate surface area is 94.9 Å². The molecule has 0 N–H and O–H groups in total. The maximum absolute atomic E-state index is 11.0. The average Bonchev–Trinajstić information content (AvgIpc) is 2.30. The van der Waals surface area contributed by atoms with E-state index in [1.54, 1.807) is 14.0 Å². The number of ether oxygens (including phenoxy) is 2. The highest BCUT2D eigenvalue weighted by Crippen LogP contribution is 2.25. The van der Waals surface area contributed by atoms with Crippen LogP contribution in [0.3, 0.4) is 0 Å². The highest BCUT2D eigenvalue weighted by Gasteiger charge is 2.00. The summed E-state index contributed by atoms with van der Waals surface area (Å²) in [6.07, 6.45) is 1.70. The van der Waals surface area contributed by atoms with E-state index >= 15 is 0 Å². The Kier molecular flexibility index (Phi) is 5.05. The number of methoxy groups -OCH3 is 1. The molecule has 4 nitrogen and oxygen atoms in total. The number of hydrogen-bond acceptors (Lipinski definition) is 4. The van der Waals surface area contributed by atoms with Crippen molar-refractivity contribution in [2.45, 2.75) is 13.3 Å². The quantitative estimate of drug-likeness (QED) is 0.566. The molecule has 0 radical (unpaired) electrons. The van der Waals surface area contributed by atoms with Crippen molar-refractivity contribution in [3.05, 3.63) is 24.3 Å². The highest BCUT2D eigenvalue weighted by molar-refractivity contribution is 5.87. The zero-order valence-corrected chi connectivity index (χ0v) is 9.47. The van der Waals surface area contributed by atoms with E-state index < -0.39 is 0 Å². The van der Waals surface area contributed by atoms with Gasteiger partial charge >= 0.3 is 5.97 Å². The fraction of sp³-hybridized carbons (Fsp3) is 0.333. The van der Waals surface area contributed by atoms with Gasteiger partial charge in [-0.25, -0.2) is 0 Å². The monoisotopic (exact) mass is 221 g/mol. The molecule has 0 atom stereocenters. The van der Waals surface area contributed by atoms with Crippen molar-refractivity contribution in [1.82, 2.24) is 0 Å². The lowest BCUT2D eigenvalue weighted by molar-refractivity contribution is -0.141. The molecular formula is C12H15NO3. The molecule has 1 aromatic rings. The van der Waals surface area contributed by atoms with Crippen LogP contribution in [-0.4, -0.2) is 25.9 Å². The second-order valence-corrected chi connectivity index (χ2v) is 2.99. The first kappa shape index (κ1) is 12.2. The predicted octanol–water partition coefficient (Wildman–Crippen LogP) is 2.35. The first-order valence-electron chi connectivity index (χ1n) is 5.09. The molecule has 1 rings (SSSR count). The fourth-order valence-electron chi connectivity index (χ4n) is 1.17. The largest absolute Gasteiger partial charge is 0.494 e. The van der Waals surface area contributed by atoms with Gasteiger partial charge in [0.1, 0.15) is 11.4 Å². The second kappa shape index (κ2) is 6.61. The number of benzene rings is 1. The molecule has 0 aliphatic carbocycles. The Bertz CT molecular complexity index is 374. The average molecular weight is 221 g/mol. The highest BCUT2D eigenvalue weighted by atomic mass is 16.5. The number of nitrogens with zero attached hydrogens (tertiary/aromatic N) is 1. The van der Waals surface area contributed by atoms with Crippen molar-refractivity contribution < 1.29 is 14.3 Å². The molecule has 86 valence electrons. The number of carbonyl (C=O) groups is 1. The van der Waals surface area contributed by atoms with Crippen molar-refractivity contribution in [2.24, 2.45) is 4.99 Å². The Morgan fingerprint density at radius 1 is 1.44 bits per heavy atom. The van der Waals surface area contributed by atoms with E-state index in [1.807, 2.05) is 24.3 Å². The number of para-hydroxylation sites is 2. The van der Waals surface area contributed by atoms with Gasteiger partial charge in [-0.15, -0.1) is 0 Å². The van der Waals surface area contributed by atoms with Gasteiger partial charge in [0.2, 0.25) is 0 Å². The molecule has 0 amide bonds. The fourth-order valence-corrected chi connectivity index (χ4v) is 1.17. The standard InChI is InChI=1S/C12H15NO3/c1-3-16-12(14)8-9-13-10-6-4-5-7-11(10)15-2/h4-7,9H,3,8H2,1-2H3. The Morgan fingerprint density at radius 3 is 2.88 bits per heavy atom. The lowest BCUT2D eigenvalue weighted by atomic mass is 10.3. The predicted molar refractivity (Wildman–Crippen MR) is 62.4 cm³/mol. The first-order valence-corrected chi connectivity index (χ1v) is 5.09. The molecule has 4 heteroatoms. The first-order chi connectivity index (χ1) is 7.77. The Balaban J connectivity index is 2.58. The molecule has 0 aromatic heterocycles. The van der Waals surface area contributed by atoms with Crippen molar-refractivity contribution in [2.75, 3.05) is 13.7 Å². The molecule has 0 heterocycles. The van der Waals surface area contributed by atoms with Crippen LogP contribution in [0.5, 0.6) is 5.75 Å². The van der Waals surface area contributed by atoms with Gasteiger partial charge in [-0.1, -0.05) is 12.1 Å². The van der Waals surface area contributed by atoms with Gasteiger partial charge in [-0.3, -0.25) is 9.79 Å². The van der Waals surface area contributed by atoms with E-state index in [1.165, 1.54) is 6.21 Å². The summed E-state index contributed by atoms with van der Waals surface area (Å²) < 4.78 is 9.90. The van der Waals surface area contributed by atoms with Gasteiger partial charge in [0.05, 0.1) is 20.1 Å². The minimum absolute atomic E-state index is 0.173. The van der Waals surface area contributed by atoms with Crippen LogP contribution in [0, 0.1) is 0 Å². The SMILES string of the molecule is CCOC(=O)CC=Nc1ccccc1OC.